The van der Waals surface area contributed by atoms with Crippen molar-refractivity contribution in [3.8, 4) is 11.5 Å². The van der Waals surface area contributed by atoms with Gasteiger partial charge in [-0.1, -0.05) is 45.4 Å². The van der Waals surface area contributed by atoms with Crippen LogP contribution in [0, 0.1) is 27.7 Å². The van der Waals surface area contributed by atoms with Crippen LogP contribution in [-0.2, 0) is 17.1 Å². The quantitative estimate of drug-likeness (QED) is 0.0978. The maximum absolute atomic E-state index is 5.80. The predicted octanol–water partition coefficient (Wildman–Crippen LogP) is 11.0. The van der Waals surface area contributed by atoms with Crippen molar-refractivity contribution in [1.29, 1.82) is 0 Å². The summed E-state index contributed by atoms with van der Waals surface area (Å²) in [5, 5.41) is 4.43. The van der Waals surface area contributed by atoms with Crippen LogP contribution in [0.3, 0.4) is 0 Å². The summed E-state index contributed by atoms with van der Waals surface area (Å²) in [5.41, 5.74) is 9.08. The molecule has 0 radical (unpaired) electrons. The summed E-state index contributed by atoms with van der Waals surface area (Å²) in [6.45, 7) is 11.4. The number of benzene rings is 2. The van der Waals surface area contributed by atoms with Crippen LogP contribution in [0.1, 0.15) is 105 Å². The topological polar surface area (TPSA) is 18.5 Å². The summed E-state index contributed by atoms with van der Waals surface area (Å²) < 4.78 is 11.6. The van der Waals surface area contributed by atoms with Gasteiger partial charge < -0.3 is 9.47 Å². The van der Waals surface area contributed by atoms with Crippen LogP contribution < -0.4 is 25.4 Å². The molecule has 0 amide bonds. The molecule has 0 aliphatic heterocycles. The van der Waals surface area contributed by atoms with Gasteiger partial charge in [0.05, 0.1) is 14.2 Å². The summed E-state index contributed by atoms with van der Waals surface area (Å²) in [6, 6.07) is 26.9. The molecule has 1 atom stereocenters. The Morgan fingerprint density at radius 2 is 1.11 bits per heavy atom. The minimum atomic E-state index is -0.722. The fourth-order valence-electron chi connectivity index (χ4n) is 8.34. The van der Waals surface area contributed by atoms with E-state index in [1.54, 1.807) is 25.1 Å². The van der Waals surface area contributed by atoms with Crippen LogP contribution in [0.15, 0.2) is 72.8 Å². The van der Waals surface area contributed by atoms with Crippen LogP contribution in [0.2, 0.25) is 0 Å². The van der Waals surface area contributed by atoms with E-state index in [0.717, 1.165) is 22.8 Å². The molecule has 0 aromatic heterocycles. The van der Waals surface area contributed by atoms with Gasteiger partial charge in [-0.2, -0.15) is 24.3 Å². The van der Waals surface area contributed by atoms with E-state index >= 15 is 0 Å². The Hall–Kier alpha value is -1.88. The normalized spacial score (nSPS) is 16.4. The van der Waals surface area contributed by atoms with Crippen molar-refractivity contribution in [1.82, 2.24) is 0 Å². The smallest absolute Gasteiger partial charge is 0.496 e. The molecular weight excluding hydrogens is 654 g/mol. The molecule has 0 unspecified atom stereocenters. The van der Waals surface area contributed by atoms with Crippen LogP contribution in [0.4, 0.5) is 0 Å². The Kier molecular flexibility index (Phi) is 14.7. The molecule has 0 heterocycles. The third-order valence-corrected chi connectivity index (χ3v) is 16.7. The first kappa shape index (κ1) is 37.9. The van der Waals surface area contributed by atoms with E-state index in [1.165, 1.54) is 97.1 Å². The maximum atomic E-state index is 5.80. The maximum Gasteiger partial charge on any atom is 2.00 e. The molecule has 0 bridgehead atoms. The monoisotopic (exact) mass is 710 g/mol. The molecule has 4 aromatic rings. The summed E-state index contributed by atoms with van der Waals surface area (Å²) in [7, 11) is 2.81. The fourth-order valence-corrected chi connectivity index (χ4v) is 15.7. The summed E-state index contributed by atoms with van der Waals surface area (Å²) in [6.07, 6.45) is 14.5. The standard InChI is InChI=1S/C37H51O2P2.C5H5.Fe/c1-25-21-32(22-26(2)36(25)38-6)41(33-23-27(3)37(39-7)28(4)24-33)35-20-14-19-34(35)29(5)40(30-15-10-8-11-16-30)31-17-12-9-13-18-31;1-2-4-5-3-1;/h14,19-24,29-31H,8-13,15-18H2,1-7H3;1-5H;/q2*-1;+2/t29-;;/m0../s1. The number of ether oxygens (including phenoxy) is 2. The van der Waals surface area contributed by atoms with E-state index in [0.29, 0.717) is 5.66 Å². The van der Waals surface area contributed by atoms with Crippen molar-refractivity contribution in [3.63, 3.8) is 0 Å². The van der Waals surface area contributed by atoms with Crippen LogP contribution in [0.5, 0.6) is 11.5 Å². The second kappa shape index (κ2) is 18.2. The molecule has 2 aliphatic carbocycles. The van der Waals surface area contributed by atoms with Crippen LogP contribution in [0.25, 0.3) is 0 Å². The van der Waals surface area contributed by atoms with Crippen molar-refractivity contribution in [2.24, 2.45) is 0 Å². The van der Waals surface area contributed by atoms with Gasteiger partial charge in [0.15, 0.2) is 0 Å². The van der Waals surface area contributed by atoms with Gasteiger partial charge in [0.1, 0.15) is 11.5 Å². The molecule has 2 nitrogen and oxygen atoms in total. The molecule has 6 rings (SSSR count). The molecule has 2 saturated carbocycles. The van der Waals surface area contributed by atoms with E-state index in [9.17, 15) is 0 Å². The third kappa shape index (κ3) is 9.03. The number of rotatable bonds is 9. The molecule has 47 heavy (non-hydrogen) atoms. The molecule has 0 saturated heterocycles. The van der Waals surface area contributed by atoms with Crippen molar-refractivity contribution >= 4 is 31.8 Å². The largest absolute Gasteiger partial charge is 2.00 e. The first-order chi connectivity index (χ1) is 22.3. The van der Waals surface area contributed by atoms with E-state index in [-0.39, 0.29) is 25.0 Å². The van der Waals surface area contributed by atoms with E-state index in [4.69, 9.17) is 9.47 Å². The van der Waals surface area contributed by atoms with Gasteiger partial charge in [0.25, 0.3) is 0 Å². The molecule has 4 aromatic carbocycles. The van der Waals surface area contributed by atoms with Crippen LogP contribution >= 0.6 is 15.8 Å². The summed E-state index contributed by atoms with van der Waals surface area (Å²) in [4.78, 5) is 0. The third-order valence-electron chi connectivity index (χ3n) is 10.3. The minimum Gasteiger partial charge on any atom is -0.496 e. The Morgan fingerprint density at radius 3 is 1.47 bits per heavy atom. The zero-order valence-electron chi connectivity index (χ0n) is 29.8. The van der Waals surface area contributed by atoms with Crippen molar-refractivity contribution in [3.05, 3.63) is 101 Å². The zero-order valence-corrected chi connectivity index (χ0v) is 32.7. The Morgan fingerprint density at radius 1 is 0.681 bits per heavy atom. The van der Waals surface area contributed by atoms with E-state index in [2.05, 4.69) is 77.1 Å². The number of hydrogen-bond acceptors (Lipinski definition) is 2. The molecule has 0 spiro atoms. The summed E-state index contributed by atoms with van der Waals surface area (Å²) >= 11 is 0. The number of aryl methyl sites for hydroxylation is 4. The SMILES string of the molecule is COc1c(C)cc(P(c2cc(C)c(OC)c(C)c2)c2ccc[c-]2[C@H](C)P(C2CCCCC2)C2CCCCC2)cc1C.[Fe+2].c1cc[cH-]c1. The van der Waals surface area contributed by atoms with Gasteiger partial charge >= 0.3 is 17.1 Å². The van der Waals surface area contributed by atoms with Crippen molar-refractivity contribution in [2.45, 2.75) is 116 Å². The molecule has 2 fully saturated rings. The molecule has 254 valence electrons. The van der Waals surface area contributed by atoms with E-state index < -0.39 is 7.92 Å². The Balaban J connectivity index is 0.000000762. The minimum absolute atomic E-state index is 0. The van der Waals surface area contributed by atoms with Gasteiger partial charge in [0, 0.05) is 0 Å². The second-order valence-electron chi connectivity index (χ2n) is 13.6. The Bertz CT molecular complexity index is 1370. The first-order valence-corrected chi connectivity index (χ1v) is 20.5. The van der Waals surface area contributed by atoms with Crippen molar-refractivity contribution < 1.29 is 26.5 Å². The summed E-state index contributed by atoms with van der Waals surface area (Å²) in [5.74, 6) is 2.03. The average Bonchev–Trinajstić information content (AvgIpc) is 3.79. The molecular formula is C42H56FeO2P2. The fraction of sp³-hybridized carbons (Fsp3) is 0.476. The van der Waals surface area contributed by atoms with Gasteiger partial charge in [-0.15, -0.1) is 18.8 Å². The molecule has 5 heteroatoms. The zero-order chi connectivity index (χ0) is 32.6. The Labute approximate surface area is 299 Å². The van der Waals surface area contributed by atoms with Crippen molar-refractivity contribution in [2.75, 3.05) is 14.2 Å². The number of hydrogen-bond donors (Lipinski definition) is 0. The second-order valence-corrected chi connectivity index (χ2v) is 18.9. The average molecular weight is 711 g/mol. The first-order valence-electron chi connectivity index (χ1n) is 17.6. The van der Waals surface area contributed by atoms with Gasteiger partial charge in [-0.05, 0) is 135 Å². The number of methoxy groups -OCH3 is 2. The molecule has 2 aliphatic rings. The van der Waals surface area contributed by atoms with E-state index in [1.807, 2.05) is 30.3 Å². The van der Waals surface area contributed by atoms with Gasteiger partial charge in [-0.25, -0.2) is 24.3 Å². The predicted molar refractivity (Wildman–Crippen MR) is 204 cm³/mol. The van der Waals surface area contributed by atoms with Crippen LogP contribution in [-0.4, -0.2) is 25.5 Å². The molecule has 0 N–H and O–H groups in total. The van der Waals surface area contributed by atoms with Gasteiger partial charge in [-0.3, -0.25) is 0 Å². The van der Waals surface area contributed by atoms with Gasteiger partial charge in [0.2, 0.25) is 0 Å².